The highest BCUT2D eigenvalue weighted by molar-refractivity contribution is 5.96. The van der Waals surface area contributed by atoms with Crippen molar-refractivity contribution in [3.63, 3.8) is 0 Å². The number of pyridine rings is 1. The van der Waals surface area contributed by atoms with Crippen LogP contribution in [0.5, 0.6) is 0 Å². The topological polar surface area (TPSA) is 111 Å². The molecule has 1 aliphatic rings. The summed E-state index contributed by atoms with van der Waals surface area (Å²) in [5.41, 5.74) is 0.0236. The van der Waals surface area contributed by atoms with Crippen LogP contribution in [0.4, 0.5) is 0 Å². The average Bonchev–Trinajstić information content (AvgIpc) is 2.70. The highest BCUT2D eigenvalue weighted by atomic mass is 16.4. The Morgan fingerprint density at radius 2 is 2.16 bits per heavy atom. The van der Waals surface area contributed by atoms with E-state index in [0.717, 1.165) is 4.90 Å². The molecule has 0 radical (unpaired) electrons. The Labute approximate surface area is 108 Å². The standard InChI is InChI=1S/C12H14N2O5/c1-6-2-10(16)8(4-13-6)11(17)14-5-7(15)3-9(14)12(18)19/h2,4,7,9,15H,3,5H2,1H3,(H,13,16)(H,18,19)/t7-,9-/m0/s1. The molecule has 0 unspecified atom stereocenters. The van der Waals surface area contributed by atoms with Crippen molar-refractivity contribution >= 4 is 11.9 Å². The van der Waals surface area contributed by atoms with E-state index in [1.165, 1.54) is 12.3 Å². The van der Waals surface area contributed by atoms with Crippen molar-refractivity contribution in [2.75, 3.05) is 6.54 Å². The van der Waals surface area contributed by atoms with Crippen molar-refractivity contribution in [2.45, 2.75) is 25.5 Å². The number of β-amino-alcohol motifs (C(OH)–C–C–N with tert-alkyl or cyclic N) is 1. The van der Waals surface area contributed by atoms with E-state index in [-0.39, 0.29) is 18.5 Å². The van der Waals surface area contributed by atoms with Gasteiger partial charge in [-0.25, -0.2) is 4.79 Å². The highest BCUT2D eigenvalue weighted by Gasteiger charge is 2.39. The molecule has 0 bridgehead atoms. The van der Waals surface area contributed by atoms with Gasteiger partial charge in [0, 0.05) is 30.9 Å². The molecule has 3 N–H and O–H groups in total. The van der Waals surface area contributed by atoms with Crippen molar-refractivity contribution in [1.29, 1.82) is 0 Å². The van der Waals surface area contributed by atoms with Crippen LogP contribution in [0.15, 0.2) is 17.1 Å². The van der Waals surface area contributed by atoms with Gasteiger partial charge in [0.2, 0.25) is 0 Å². The number of carboxylic acid groups (broad SMARTS) is 1. The zero-order valence-corrected chi connectivity index (χ0v) is 10.3. The number of hydrogen-bond donors (Lipinski definition) is 3. The van der Waals surface area contributed by atoms with Crippen molar-refractivity contribution in [3.8, 4) is 0 Å². The van der Waals surface area contributed by atoms with Gasteiger partial charge in [0.15, 0.2) is 5.43 Å². The van der Waals surface area contributed by atoms with Crippen molar-refractivity contribution in [3.05, 3.63) is 33.7 Å². The Kier molecular flexibility index (Phi) is 3.39. The first-order chi connectivity index (χ1) is 8.90. The molecule has 2 heterocycles. The van der Waals surface area contributed by atoms with Crippen LogP contribution < -0.4 is 5.43 Å². The Morgan fingerprint density at radius 3 is 2.74 bits per heavy atom. The second kappa shape index (κ2) is 4.85. The quantitative estimate of drug-likeness (QED) is 0.658. The second-order valence-electron chi connectivity index (χ2n) is 4.60. The van der Waals surface area contributed by atoms with Crippen LogP contribution in [0.25, 0.3) is 0 Å². The molecule has 7 heteroatoms. The monoisotopic (exact) mass is 266 g/mol. The van der Waals surface area contributed by atoms with E-state index >= 15 is 0 Å². The Hall–Kier alpha value is -2.15. The lowest BCUT2D eigenvalue weighted by molar-refractivity contribution is -0.141. The summed E-state index contributed by atoms with van der Waals surface area (Å²) >= 11 is 0. The van der Waals surface area contributed by atoms with Gasteiger partial charge in [-0.1, -0.05) is 0 Å². The molecule has 1 aliphatic heterocycles. The number of carbonyl (C=O) groups excluding carboxylic acids is 1. The fourth-order valence-electron chi connectivity index (χ4n) is 2.17. The first kappa shape index (κ1) is 13.3. The number of carbonyl (C=O) groups is 2. The summed E-state index contributed by atoms with van der Waals surface area (Å²) < 4.78 is 0. The van der Waals surface area contributed by atoms with Crippen LogP contribution in [0.1, 0.15) is 22.5 Å². The number of nitrogens with zero attached hydrogens (tertiary/aromatic N) is 1. The lowest BCUT2D eigenvalue weighted by Gasteiger charge is -2.20. The number of aryl methyl sites for hydroxylation is 1. The van der Waals surface area contributed by atoms with E-state index in [1.54, 1.807) is 6.92 Å². The fraction of sp³-hybridized carbons (Fsp3) is 0.417. The van der Waals surface area contributed by atoms with Crippen LogP contribution in [0, 0.1) is 6.92 Å². The lowest BCUT2D eigenvalue weighted by atomic mass is 10.2. The number of hydrogen-bond acceptors (Lipinski definition) is 4. The van der Waals surface area contributed by atoms with Gasteiger partial charge in [0.25, 0.3) is 5.91 Å². The second-order valence-corrected chi connectivity index (χ2v) is 4.60. The number of aliphatic hydroxyl groups is 1. The average molecular weight is 266 g/mol. The smallest absolute Gasteiger partial charge is 0.326 e. The zero-order valence-electron chi connectivity index (χ0n) is 10.3. The summed E-state index contributed by atoms with van der Waals surface area (Å²) in [6, 6.07) is 0.179. The number of aliphatic carboxylic acids is 1. The first-order valence-corrected chi connectivity index (χ1v) is 5.81. The number of aromatic amines is 1. The molecule has 1 aromatic heterocycles. The molecule has 1 fully saturated rings. The van der Waals surface area contributed by atoms with E-state index in [0.29, 0.717) is 5.69 Å². The first-order valence-electron chi connectivity index (χ1n) is 5.81. The normalized spacial score (nSPS) is 22.5. The van der Waals surface area contributed by atoms with E-state index < -0.39 is 29.5 Å². The number of aliphatic hydroxyl groups excluding tert-OH is 1. The van der Waals surface area contributed by atoms with E-state index in [9.17, 15) is 19.5 Å². The van der Waals surface area contributed by atoms with Crippen molar-refractivity contribution in [1.82, 2.24) is 9.88 Å². The number of H-pyrrole nitrogens is 1. The summed E-state index contributed by atoms with van der Waals surface area (Å²) in [6.07, 6.45) is 0.364. The molecule has 0 aliphatic carbocycles. The predicted molar refractivity (Wildman–Crippen MR) is 64.9 cm³/mol. The van der Waals surface area contributed by atoms with E-state index in [2.05, 4.69) is 4.98 Å². The van der Waals surface area contributed by atoms with Gasteiger partial charge in [0.1, 0.15) is 11.6 Å². The van der Waals surface area contributed by atoms with Crippen LogP contribution in [0.2, 0.25) is 0 Å². The van der Waals surface area contributed by atoms with Gasteiger partial charge in [-0.15, -0.1) is 0 Å². The molecular formula is C12H14N2O5. The Balaban J connectivity index is 2.33. The molecule has 7 nitrogen and oxygen atoms in total. The molecule has 1 amide bonds. The maximum absolute atomic E-state index is 12.2. The molecule has 1 aromatic rings. The SMILES string of the molecule is Cc1cc(=O)c(C(=O)N2C[C@@H](O)C[C@H]2C(=O)O)c[nH]1. The maximum Gasteiger partial charge on any atom is 0.326 e. The fourth-order valence-corrected chi connectivity index (χ4v) is 2.17. The zero-order chi connectivity index (χ0) is 14.2. The number of rotatable bonds is 2. The van der Waals surface area contributed by atoms with Crippen molar-refractivity contribution < 1.29 is 19.8 Å². The van der Waals surface area contributed by atoms with Gasteiger partial charge < -0.3 is 20.1 Å². The molecule has 0 aromatic carbocycles. The third-order valence-electron chi connectivity index (χ3n) is 3.11. The van der Waals surface area contributed by atoms with E-state index in [1.807, 2.05) is 0 Å². The molecule has 102 valence electrons. The van der Waals surface area contributed by atoms with Gasteiger partial charge >= 0.3 is 5.97 Å². The highest BCUT2D eigenvalue weighted by Crippen LogP contribution is 2.19. The number of amides is 1. The third-order valence-corrected chi connectivity index (χ3v) is 3.11. The number of aromatic nitrogens is 1. The van der Waals surface area contributed by atoms with Crippen LogP contribution in [-0.2, 0) is 4.79 Å². The number of likely N-dealkylation sites (tertiary alicyclic amines) is 1. The molecule has 2 rings (SSSR count). The number of nitrogens with one attached hydrogen (secondary N) is 1. The molecular weight excluding hydrogens is 252 g/mol. The molecule has 2 atom stereocenters. The van der Waals surface area contributed by atoms with Crippen molar-refractivity contribution in [2.24, 2.45) is 0 Å². The molecule has 19 heavy (non-hydrogen) atoms. The minimum Gasteiger partial charge on any atom is -0.480 e. The third kappa shape index (κ3) is 2.50. The molecule has 0 saturated carbocycles. The van der Waals surface area contributed by atoms with E-state index in [4.69, 9.17) is 5.11 Å². The van der Waals surface area contributed by atoms with Crippen LogP contribution in [-0.4, -0.2) is 50.7 Å². The number of carboxylic acids is 1. The summed E-state index contributed by atoms with van der Waals surface area (Å²) in [7, 11) is 0. The lowest BCUT2D eigenvalue weighted by Crippen LogP contribution is -2.42. The summed E-state index contributed by atoms with van der Waals surface area (Å²) in [5, 5.41) is 18.5. The van der Waals surface area contributed by atoms with Gasteiger partial charge in [-0.2, -0.15) is 0 Å². The Bertz CT molecular complexity index is 580. The minimum atomic E-state index is -1.19. The Morgan fingerprint density at radius 1 is 1.47 bits per heavy atom. The van der Waals surface area contributed by atoms with Crippen LogP contribution in [0.3, 0.4) is 0 Å². The van der Waals surface area contributed by atoms with Gasteiger partial charge in [-0.05, 0) is 6.92 Å². The summed E-state index contributed by atoms with van der Waals surface area (Å²) in [4.78, 5) is 38.7. The largest absolute Gasteiger partial charge is 0.480 e. The summed E-state index contributed by atoms with van der Waals surface area (Å²) in [6.45, 7) is 1.60. The molecule has 1 saturated heterocycles. The van der Waals surface area contributed by atoms with Gasteiger partial charge in [0.05, 0.1) is 6.10 Å². The maximum atomic E-state index is 12.2. The van der Waals surface area contributed by atoms with Gasteiger partial charge in [-0.3, -0.25) is 9.59 Å². The molecule has 0 spiro atoms. The minimum absolute atomic E-state index is 0.0230. The predicted octanol–water partition coefficient (Wildman–Crippen LogP) is -0.657. The van der Waals surface area contributed by atoms with Crippen LogP contribution >= 0.6 is 0 Å². The summed E-state index contributed by atoms with van der Waals surface area (Å²) in [5.74, 6) is -1.86.